The molecule has 0 fully saturated rings. The Morgan fingerprint density at radius 3 is 3.27 bits per heavy atom. The van der Waals surface area contributed by atoms with Crippen LogP contribution in [-0.4, -0.2) is 28.3 Å². The van der Waals surface area contributed by atoms with Crippen LogP contribution in [0.2, 0.25) is 0 Å². The van der Waals surface area contributed by atoms with E-state index in [1.165, 1.54) is 0 Å². The Hall–Kier alpha value is -1.33. The molecule has 0 amide bonds. The van der Waals surface area contributed by atoms with Crippen LogP contribution in [0.3, 0.4) is 0 Å². The molecule has 0 saturated heterocycles. The van der Waals surface area contributed by atoms with Crippen LogP contribution >= 0.6 is 0 Å². The second-order valence-corrected chi connectivity index (χ2v) is 3.68. The van der Waals surface area contributed by atoms with Crippen LogP contribution in [0.15, 0.2) is 12.3 Å². The first-order valence-electron chi connectivity index (χ1n) is 4.91. The molecule has 5 nitrogen and oxygen atoms in total. The number of hydrogen-bond acceptors (Lipinski definition) is 3. The molecular weight excluding hydrogens is 196 g/mol. The standard InChI is InChI=1S/C10H14N2O3/c11-8(10(13)14)5-7-1-2-12-3-4-15-6-9(7)12/h1-2,8H,3-6,11H2,(H,13,14). The van der Waals surface area contributed by atoms with Crippen molar-refractivity contribution in [3.05, 3.63) is 23.5 Å². The number of carbonyl (C=O) groups is 1. The largest absolute Gasteiger partial charge is 0.480 e. The number of hydrogen-bond donors (Lipinski definition) is 2. The van der Waals surface area contributed by atoms with Crippen molar-refractivity contribution >= 4 is 5.97 Å². The average molecular weight is 210 g/mol. The number of nitrogens with zero attached hydrogens (tertiary/aromatic N) is 1. The number of carboxylic acids is 1. The molecule has 1 aliphatic rings. The van der Waals surface area contributed by atoms with Crippen molar-refractivity contribution in [3.8, 4) is 0 Å². The fourth-order valence-electron chi connectivity index (χ4n) is 1.78. The van der Waals surface area contributed by atoms with Crippen LogP contribution in [-0.2, 0) is 29.1 Å². The van der Waals surface area contributed by atoms with Crippen LogP contribution in [0.5, 0.6) is 0 Å². The minimum atomic E-state index is -0.966. The summed E-state index contributed by atoms with van der Waals surface area (Å²) in [7, 11) is 0. The summed E-state index contributed by atoms with van der Waals surface area (Å²) in [6, 6.07) is 1.09. The van der Waals surface area contributed by atoms with E-state index < -0.39 is 12.0 Å². The first kappa shape index (κ1) is 10.2. The molecule has 0 spiro atoms. The maximum atomic E-state index is 10.6. The monoisotopic (exact) mass is 210 g/mol. The van der Waals surface area contributed by atoms with Gasteiger partial charge in [0.15, 0.2) is 0 Å². The summed E-state index contributed by atoms with van der Waals surface area (Å²) < 4.78 is 7.42. The Labute approximate surface area is 87.4 Å². The van der Waals surface area contributed by atoms with Gasteiger partial charge in [0, 0.05) is 24.9 Å². The lowest BCUT2D eigenvalue weighted by molar-refractivity contribution is -0.138. The van der Waals surface area contributed by atoms with Crippen LogP contribution in [0.4, 0.5) is 0 Å². The molecule has 1 aromatic rings. The molecule has 5 heteroatoms. The fourth-order valence-corrected chi connectivity index (χ4v) is 1.78. The van der Waals surface area contributed by atoms with Gasteiger partial charge in [-0.15, -0.1) is 0 Å². The van der Waals surface area contributed by atoms with Crippen molar-refractivity contribution in [2.24, 2.45) is 5.73 Å². The van der Waals surface area contributed by atoms with Gasteiger partial charge in [0.25, 0.3) is 0 Å². The molecule has 2 heterocycles. The third-order valence-electron chi connectivity index (χ3n) is 2.65. The number of carboxylic acid groups (broad SMARTS) is 1. The lowest BCUT2D eigenvalue weighted by atomic mass is 10.1. The summed E-state index contributed by atoms with van der Waals surface area (Å²) in [6.45, 7) is 2.10. The molecule has 1 unspecified atom stereocenters. The maximum Gasteiger partial charge on any atom is 0.320 e. The van der Waals surface area contributed by atoms with E-state index in [1.807, 2.05) is 12.3 Å². The first-order valence-corrected chi connectivity index (χ1v) is 4.91. The van der Waals surface area contributed by atoms with Crippen LogP contribution in [0.25, 0.3) is 0 Å². The summed E-state index contributed by atoms with van der Waals surface area (Å²) in [6.07, 6.45) is 2.32. The van der Waals surface area contributed by atoms with Gasteiger partial charge in [0.2, 0.25) is 0 Å². The van der Waals surface area contributed by atoms with Gasteiger partial charge in [-0.3, -0.25) is 4.79 Å². The lowest BCUT2D eigenvalue weighted by Gasteiger charge is -2.17. The van der Waals surface area contributed by atoms with Gasteiger partial charge < -0.3 is 20.1 Å². The predicted molar refractivity (Wildman–Crippen MR) is 53.4 cm³/mol. The van der Waals surface area contributed by atoms with Crippen molar-refractivity contribution < 1.29 is 14.6 Å². The number of aliphatic carboxylic acids is 1. The van der Waals surface area contributed by atoms with Gasteiger partial charge in [0.05, 0.1) is 13.2 Å². The highest BCUT2D eigenvalue weighted by Crippen LogP contribution is 2.17. The molecule has 1 aromatic heterocycles. The highest BCUT2D eigenvalue weighted by molar-refractivity contribution is 5.73. The van der Waals surface area contributed by atoms with E-state index in [-0.39, 0.29) is 0 Å². The molecule has 0 bridgehead atoms. The normalized spacial score (nSPS) is 17.1. The minimum absolute atomic E-state index is 0.362. The van der Waals surface area contributed by atoms with Gasteiger partial charge in [-0.1, -0.05) is 0 Å². The van der Waals surface area contributed by atoms with E-state index in [2.05, 4.69) is 4.57 Å². The Balaban J connectivity index is 2.15. The quantitative estimate of drug-likeness (QED) is 0.734. The second kappa shape index (κ2) is 4.04. The molecule has 0 aromatic carbocycles. The van der Waals surface area contributed by atoms with Gasteiger partial charge in [-0.25, -0.2) is 0 Å². The van der Waals surface area contributed by atoms with Gasteiger partial charge in [-0.2, -0.15) is 0 Å². The Morgan fingerprint density at radius 2 is 2.53 bits per heavy atom. The smallest absolute Gasteiger partial charge is 0.320 e. The molecule has 1 aliphatic heterocycles. The minimum Gasteiger partial charge on any atom is -0.480 e. The predicted octanol–water partition coefficient (Wildman–Crippen LogP) is -0.0273. The highest BCUT2D eigenvalue weighted by atomic mass is 16.5. The Morgan fingerprint density at radius 1 is 1.73 bits per heavy atom. The molecule has 3 N–H and O–H groups in total. The van der Waals surface area contributed by atoms with E-state index in [0.717, 1.165) is 17.8 Å². The molecule has 2 rings (SSSR count). The van der Waals surface area contributed by atoms with Crippen LogP contribution in [0.1, 0.15) is 11.3 Å². The molecule has 82 valence electrons. The molecule has 15 heavy (non-hydrogen) atoms. The Kier molecular flexibility index (Phi) is 2.75. The summed E-state index contributed by atoms with van der Waals surface area (Å²) in [5.41, 5.74) is 7.52. The third-order valence-corrected chi connectivity index (χ3v) is 2.65. The van der Waals surface area contributed by atoms with E-state index >= 15 is 0 Å². The summed E-state index contributed by atoms with van der Waals surface area (Å²) in [5.74, 6) is -0.966. The highest BCUT2D eigenvalue weighted by Gasteiger charge is 2.18. The third kappa shape index (κ3) is 2.03. The van der Waals surface area contributed by atoms with E-state index in [9.17, 15) is 4.79 Å². The summed E-state index contributed by atoms with van der Waals surface area (Å²) >= 11 is 0. The average Bonchev–Trinajstić information content (AvgIpc) is 2.62. The number of aromatic nitrogens is 1. The maximum absolute atomic E-state index is 10.6. The number of rotatable bonds is 3. The molecule has 0 saturated carbocycles. The van der Waals surface area contributed by atoms with Crippen molar-refractivity contribution in [2.45, 2.75) is 25.6 Å². The zero-order valence-corrected chi connectivity index (χ0v) is 8.35. The first-order chi connectivity index (χ1) is 7.18. The summed E-state index contributed by atoms with van der Waals surface area (Å²) in [4.78, 5) is 10.6. The fraction of sp³-hybridized carbons (Fsp3) is 0.500. The van der Waals surface area contributed by atoms with Gasteiger partial charge >= 0.3 is 5.97 Å². The molecule has 0 aliphatic carbocycles. The number of ether oxygens (including phenoxy) is 1. The Bertz CT molecular complexity index is 373. The van der Waals surface area contributed by atoms with Crippen LogP contribution in [0, 0.1) is 0 Å². The van der Waals surface area contributed by atoms with Crippen LogP contribution < -0.4 is 5.73 Å². The zero-order valence-electron chi connectivity index (χ0n) is 8.35. The number of nitrogens with two attached hydrogens (primary N) is 1. The topological polar surface area (TPSA) is 77.5 Å². The molecule has 0 radical (unpaired) electrons. The van der Waals surface area contributed by atoms with E-state index in [1.54, 1.807) is 0 Å². The van der Waals surface area contributed by atoms with Gasteiger partial charge in [0.1, 0.15) is 6.04 Å². The van der Waals surface area contributed by atoms with Crippen molar-refractivity contribution in [1.29, 1.82) is 0 Å². The number of fused-ring (bicyclic) bond motifs is 1. The van der Waals surface area contributed by atoms with Crippen molar-refractivity contribution in [1.82, 2.24) is 4.57 Å². The molecular formula is C10H14N2O3. The lowest BCUT2D eigenvalue weighted by Crippen LogP contribution is -2.32. The SMILES string of the molecule is NC(Cc1ccn2c1COCC2)C(=O)O. The van der Waals surface area contributed by atoms with Crippen molar-refractivity contribution in [2.75, 3.05) is 6.61 Å². The van der Waals surface area contributed by atoms with Crippen molar-refractivity contribution in [3.63, 3.8) is 0 Å². The second-order valence-electron chi connectivity index (χ2n) is 3.68. The summed E-state index contributed by atoms with van der Waals surface area (Å²) in [5, 5.41) is 8.72. The molecule has 1 atom stereocenters. The van der Waals surface area contributed by atoms with E-state index in [0.29, 0.717) is 19.6 Å². The zero-order chi connectivity index (χ0) is 10.8. The van der Waals surface area contributed by atoms with E-state index in [4.69, 9.17) is 15.6 Å². The van der Waals surface area contributed by atoms with Gasteiger partial charge in [-0.05, 0) is 11.6 Å².